The molecule has 1 aromatic rings. The smallest absolute Gasteiger partial charge is 0.311 e. The predicted molar refractivity (Wildman–Crippen MR) is 87.5 cm³/mol. The van der Waals surface area contributed by atoms with Gasteiger partial charge in [0.05, 0.1) is 12.5 Å². The summed E-state index contributed by atoms with van der Waals surface area (Å²) in [7, 11) is 1.62. The largest absolute Gasteiger partial charge is 0.496 e. The number of ether oxygens (including phenoxy) is 1. The first-order chi connectivity index (χ1) is 11.0. The number of likely N-dealkylation sites (tertiary alicyclic amines) is 1. The van der Waals surface area contributed by atoms with Crippen LogP contribution in [-0.2, 0) is 16.0 Å². The van der Waals surface area contributed by atoms with E-state index in [1.165, 1.54) is 0 Å². The first-order valence-corrected chi connectivity index (χ1v) is 8.15. The Morgan fingerprint density at radius 1 is 1.35 bits per heavy atom. The Morgan fingerprint density at radius 3 is 2.74 bits per heavy atom. The van der Waals surface area contributed by atoms with Crippen molar-refractivity contribution in [2.24, 2.45) is 5.41 Å². The van der Waals surface area contributed by atoms with Crippen molar-refractivity contribution >= 4 is 11.9 Å². The van der Waals surface area contributed by atoms with E-state index < -0.39 is 11.4 Å². The maximum atomic E-state index is 12.5. The zero-order valence-electron chi connectivity index (χ0n) is 13.9. The van der Waals surface area contributed by atoms with Gasteiger partial charge in [0, 0.05) is 19.5 Å². The molecule has 1 heterocycles. The van der Waals surface area contributed by atoms with Gasteiger partial charge in [0.15, 0.2) is 0 Å². The van der Waals surface area contributed by atoms with Gasteiger partial charge in [-0.1, -0.05) is 25.1 Å². The quantitative estimate of drug-likeness (QED) is 0.875. The summed E-state index contributed by atoms with van der Waals surface area (Å²) in [6, 6.07) is 7.66. The van der Waals surface area contributed by atoms with E-state index in [2.05, 4.69) is 0 Å². The van der Waals surface area contributed by atoms with Crippen LogP contribution in [0.1, 0.15) is 38.2 Å². The summed E-state index contributed by atoms with van der Waals surface area (Å²) in [4.78, 5) is 25.8. The average molecular weight is 319 g/mol. The summed E-state index contributed by atoms with van der Waals surface area (Å²) in [5.41, 5.74) is 0.221. The highest BCUT2D eigenvalue weighted by Crippen LogP contribution is 2.34. The van der Waals surface area contributed by atoms with Crippen LogP contribution in [0.5, 0.6) is 5.75 Å². The van der Waals surface area contributed by atoms with Crippen LogP contribution in [-0.4, -0.2) is 42.1 Å². The minimum absolute atomic E-state index is 0.0229. The molecule has 1 aliphatic rings. The van der Waals surface area contributed by atoms with Crippen molar-refractivity contribution in [3.05, 3.63) is 29.8 Å². The highest BCUT2D eigenvalue weighted by atomic mass is 16.5. The van der Waals surface area contributed by atoms with Crippen LogP contribution in [0.25, 0.3) is 0 Å². The fourth-order valence-electron chi connectivity index (χ4n) is 3.27. The molecule has 5 nitrogen and oxygen atoms in total. The zero-order chi connectivity index (χ0) is 16.9. The molecule has 23 heavy (non-hydrogen) atoms. The fourth-order valence-corrected chi connectivity index (χ4v) is 3.27. The van der Waals surface area contributed by atoms with Crippen molar-refractivity contribution in [1.29, 1.82) is 0 Å². The number of para-hydroxylation sites is 1. The van der Waals surface area contributed by atoms with Gasteiger partial charge in [0.1, 0.15) is 5.75 Å². The van der Waals surface area contributed by atoms with Gasteiger partial charge in [-0.3, -0.25) is 9.59 Å². The second-order valence-corrected chi connectivity index (χ2v) is 6.17. The van der Waals surface area contributed by atoms with Crippen LogP contribution < -0.4 is 4.74 Å². The molecule has 1 fully saturated rings. The van der Waals surface area contributed by atoms with Gasteiger partial charge in [-0.2, -0.15) is 0 Å². The molecule has 0 aromatic heterocycles. The Kier molecular flexibility index (Phi) is 5.64. The normalized spacial score (nSPS) is 21.0. The van der Waals surface area contributed by atoms with Crippen LogP contribution in [0.3, 0.4) is 0 Å². The Labute approximate surface area is 137 Å². The Balaban J connectivity index is 1.99. The van der Waals surface area contributed by atoms with E-state index in [0.29, 0.717) is 38.8 Å². The predicted octanol–water partition coefficient (Wildman–Crippen LogP) is 2.73. The third-order valence-electron chi connectivity index (χ3n) is 4.86. The first-order valence-electron chi connectivity index (χ1n) is 8.15. The number of carbonyl (C=O) groups is 2. The lowest BCUT2D eigenvalue weighted by Gasteiger charge is -2.39. The zero-order valence-corrected chi connectivity index (χ0v) is 13.9. The number of rotatable bonds is 6. The molecule has 0 unspecified atom stereocenters. The van der Waals surface area contributed by atoms with Crippen molar-refractivity contribution in [2.45, 2.75) is 39.0 Å². The number of hydrogen-bond donors (Lipinski definition) is 1. The molecule has 1 amide bonds. The second kappa shape index (κ2) is 7.49. The summed E-state index contributed by atoms with van der Waals surface area (Å²) in [6.45, 7) is 2.86. The van der Waals surface area contributed by atoms with Crippen LogP contribution in [0.15, 0.2) is 24.3 Å². The van der Waals surface area contributed by atoms with E-state index in [1.54, 1.807) is 12.0 Å². The van der Waals surface area contributed by atoms with Crippen molar-refractivity contribution in [3.63, 3.8) is 0 Å². The SMILES string of the molecule is CC[C@]1(C(=O)O)CCCN(C(=O)CCc2ccccc2OC)C1. The van der Waals surface area contributed by atoms with E-state index >= 15 is 0 Å². The highest BCUT2D eigenvalue weighted by molar-refractivity contribution is 5.80. The number of amides is 1. The van der Waals surface area contributed by atoms with Gasteiger partial charge in [-0.25, -0.2) is 0 Å². The van der Waals surface area contributed by atoms with E-state index in [4.69, 9.17) is 4.74 Å². The number of methoxy groups -OCH3 is 1. The number of hydrogen-bond acceptors (Lipinski definition) is 3. The number of benzene rings is 1. The van der Waals surface area contributed by atoms with E-state index in [-0.39, 0.29) is 5.91 Å². The lowest BCUT2D eigenvalue weighted by Crippen LogP contribution is -2.49. The maximum Gasteiger partial charge on any atom is 0.311 e. The number of aliphatic carboxylic acids is 1. The first kappa shape index (κ1) is 17.3. The molecular formula is C18H25NO4. The van der Waals surface area contributed by atoms with Crippen LogP contribution in [0, 0.1) is 5.41 Å². The van der Waals surface area contributed by atoms with Crippen LogP contribution in [0.4, 0.5) is 0 Å². The third kappa shape index (κ3) is 3.84. The van der Waals surface area contributed by atoms with Crippen LogP contribution in [0.2, 0.25) is 0 Å². The Hall–Kier alpha value is -2.04. The molecule has 5 heteroatoms. The number of piperidine rings is 1. The molecule has 1 aromatic carbocycles. The second-order valence-electron chi connectivity index (χ2n) is 6.17. The van der Waals surface area contributed by atoms with Gasteiger partial charge in [0.25, 0.3) is 0 Å². The van der Waals surface area contributed by atoms with Crippen molar-refractivity contribution in [3.8, 4) is 5.75 Å². The third-order valence-corrected chi connectivity index (χ3v) is 4.86. The molecule has 0 aliphatic carbocycles. The molecule has 1 aliphatic heterocycles. The van der Waals surface area contributed by atoms with Crippen molar-refractivity contribution < 1.29 is 19.4 Å². The van der Waals surface area contributed by atoms with E-state index in [0.717, 1.165) is 17.7 Å². The summed E-state index contributed by atoms with van der Waals surface area (Å²) in [5.74, 6) is 0.0179. The standard InChI is InChI=1S/C18H25NO4/c1-3-18(17(21)22)11-6-12-19(13-18)16(20)10-9-14-7-4-5-8-15(14)23-2/h4-5,7-8H,3,6,9-13H2,1-2H3,(H,21,22)/t18-/m0/s1. The Morgan fingerprint density at radius 2 is 2.09 bits per heavy atom. The number of carboxylic acid groups (broad SMARTS) is 1. The lowest BCUT2D eigenvalue weighted by molar-refractivity contribution is -0.155. The summed E-state index contributed by atoms with van der Waals surface area (Å²) in [5, 5.41) is 9.51. The van der Waals surface area contributed by atoms with Gasteiger partial charge in [-0.05, 0) is 37.3 Å². The summed E-state index contributed by atoms with van der Waals surface area (Å²) < 4.78 is 5.30. The monoisotopic (exact) mass is 319 g/mol. The Bertz CT molecular complexity index is 572. The molecule has 0 bridgehead atoms. The number of carboxylic acids is 1. The van der Waals surface area contributed by atoms with E-state index in [9.17, 15) is 14.7 Å². The molecule has 0 spiro atoms. The molecule has 1 N–H and O–H groups in total. The number of carbonyl (C=O) groups excluding carboxylic acids is 1. The number of aryl methyl sites for hydroxylation is 1. The van der Waals surface area contributed by atoms with Gasteiger partial charge < -0.3 is 14.7 Å². The van der Waals surface area contributed by atoms with Gasteiger partial charge in [0.2, 0.25) is 5.91 Å². The number of nitrogens with zero attached hydrogens (tertiary/aromatic N) is 1. The molecule has 2 rings (SSSR count). The molecule has 126 valence electrons. The van der Waals surface area contributed by atoms with Crippen molar-refractivity contribution in [2.75, 3.05) is 20.2 Å². The maximum absolute atomic E-state index is 12.5. The lowest BCUT2D eigenvalue weighted by atomic mass is 9.77. The fraction of sp³-hybridized carbons (Fsp3) is 0.556. The minimum atomic E-state index is -0.790. The highest BCUT2D eigenvalue weighted by Gasteiger charge is 2.41. The minimum Gasteiger partial charge on any atom is -0.496 e. The van der Waals surface area contributed by atoms with Crippen molar-refractivity contribution in [1.82, 2.24) is 4.90 Å². The molecule has 1 atom stereocenters. The van der Waals surface area contributed by atoms with Gasteiger partial charge in [-0.15, -0.1) is 0 Å². The molecule has 0 saturated carbocycles. The summed E-state index contributed by atoms with van der Waals surface area (Å²) >= 11 is 0. The average Bonchev–Trinajstić information content (AvgIpc) is 2.59. The summed E-state index contributed by atoms with van der Waals surface area (Å²) in [6.07, 6.45) is 2.93. The molecular weight excluding hydrogens is 294 g/mol. The molecule has 1 saturated heterocycles. The molecule has 0 radical (unpaired) electrons. The van der Waals surface area contributed by atoms with E-state index in [1.807, 2.05) is 31.2 Å². The topological polar surface area (TPSA) is 66.8 Å². The van der Waals surface area contributed by atoms with Gasteiger partial charge >= 0.3 is 5.97 Å². The van der Waals surface area contributed by atoms with Crippen LogP contribution >= 0.6 is 0 Å².